The highest BCUT2D eigenvalue weighted by atomic mass is 35.5. The van der Waals surface area contributed by atoms with Crippen LogP contribution in [-0.2, 0) is 0 Å². The van der Waals surface area contributed by atoms with Gasteiger partial charge in [0.2, 0.25) is 5.28 Å². The predicted molar refractivity (Wildman–Crippen MR) is 87.9 cm³/mol. The van der Waals surface area contributed by atoms with E-state index in [9.17, 15) is 0 Å². The molecule has 0 spiro atoms. The average molecular weight is 305 g/mol. The maximum Gasteiger partial charge on any atom is 0.224 e. The van der Waals surface area contributed by atoms with Gasteiger partial charge in [-0.25, -0.2) is 9.97 Å². The molecule has 1 N–H and O–H groups in total. The molecule has 0 saturated carbocycles. The lowest BCUT2D eigenvalue weighted by molar-refractivity contribution is 0.223. The van der Waals surface area contributed by atoms with Crippen LogP contribution in [0.15, 0.2) is 24.3 Å². The third kappa shape index (κ3) is 3.63. The number of halogens is 1. The number of rotatable bonds is 4. The van der Waals surface area contributed by atoms with Crippen molar-refractivity contribution in [3.8, 4) is 0 Å². The molecule has 21 heavy (non-hydrogen) atoms. The molecule has 0 bridgehead atoms. The fourth-order valence-corrected chi connectivity index (χ4v) is 3.14. The summed E-state index contributed by atoms with van der Waals surface area (Å²) in [5.41, 5.74) is 0.880. The molecule has 4 nitrogen and oxygen atoms in total. The van der Waals surface area contributed by atoms with Gasteiger partial charge in [-0.3, -0.25) is 0 Å². The fourth-order valence-electron chi connectivity index (χ4n) is 2.97. The summed E-state index contributed by atoms with van der Waals surface area (Å²) in [4.78, 5) is 11.1. The first-order chi connectivity index (χ1) is 10.2. The van der Waals surface area contributed by atoms with E-state index in [4.69, 9.17) is 11.6 Å². The minimum absolute atomic E-state index is 0.293. The Morgan fingerprint density at radius 3 is 2.76 bits per heavy atom. The molecule has 112 valence electrons. The Labute approximate surface area is 130 Å². The van der Waals surface area contributed by atoms with Crippen LogP contribution in [0.5, 0.6) is 0 Å². The van der Waals surface area contributed by atoms with Gasteiger partial charge >= 0.3 is 0 Å². The van der Waals surface area contributed by atoms with Crippen LogP contribution < -0.4 is 5.32 Å². The molecule has 2 heterocycles. The molecule has 1 aromatic carbocycles. The summed E-state index contributed by atoms with van der Waals surface area (Å²) >= 11 is 6.03. The molecule has 0 aliphatic carbocycles. The quantitative estimate of drug-likeness (QED) is 0.877. The lowest BCUT2D eigenvalue weighted by Gasteiger charge is -2.29. The van der Waals surface area contributed by atoms with E-state index in [2.05, 4.69) is 27.1 Å². The van der Waals surface area contributed by atoms with Crippen LogP contribution in [0, 0.1) is 0 Å². The van der Waals surface area contributed by atoms with Crippen molar-refractivity contribution in [2.75, 3.05) is 25.0 Å². The molecule has 0 radical (unpaired) electrons. The van der Waals surface area contributed by atoms with E-state index in [0.29, 0.717) is 11.3 Å². The fraction of sp³-hybridized carbons (Fsp3) is 0.500. The van der Waals surface area contributed by atoms with Crippen molar-refractivity contribution in [1.29, 1.82) is 0 Å². The first-order valence-corrected chi connectivity index (χ1v) is 8.01. The van der Waals surface area contributed by atoms with E-state index < -0.39 is 0 Å². The Bertz CT molecular complexity index is 610. The molecule has 1 unspecified atom stereocenters. The molecule has 1 fully saturated rings. The third-order valence-electron chi connectivity index (χ3n) is 3.94. The summed E-state index contributed by atoms with van der Waals surface area (Å²) in [7, 11) is 0. The molecular formula is C16H21ClN4. The van der Waals surface area contributed by atoms with E-state index in [1.807, 2.05) is 24.3 Å². The zero-order valence-corrected chi connectivity index (χ0v) is 13.1. The molecule has 3 rings (SSSR count). The maximum atomic E-state index is 6.03. The number of hydrogen-bond acceptors (Lipinski definition) is 4. The number of anilines is 1. The van der Waals surface area contributed by atoms with Crippen molar-refractivity contribution >= 4 is 28.3 Å². The van der Waals surface area contributed by atoms with E-state index in [1.54, 1.807) is 0 Å². The number of benzene rings is 1. The van der Waals surface area contributed by atoms with Gasteiger partial charge in [-0.2, -0.15) is 0 Å². The SMILES string of the molecule is CC(CN1CCCCC1)Nc1nc(Cl)nc2ccccc12. The van der Waals surface area contributed by atoms with Crippen LogP contribution in [-0.4, -0.2) is 40.5 Å². The molecule has 1 aromatic heterocycles. The lowest BCUT2D eigenvalue weighted by atomic mass is 10.1. The second kappa shape index (κ2) is 6.58. The summed E-state index contributed by atoms with van der Waals surface area (Å²) in [5, 5.41) is 4.81. The Balaban J connectivity index is 1.74. The van der Waals surface area contributed by atoms with Gasteiger partial charge in [-0.05, 0) is 56.6 Å². The second-order valence-corrected chi connectivity index (χ2v) is 6.10. The number of hydrogen-bond donors (Lipinski definition) is 1. The molecular weight excluding hydrogens is 284 g/mol. The summed E-state index contributed by atoms with van der Waals surface area (Å²) in [6, 6.07) is 8.29. The summed E-state index contributed by atoms with van der Waals surface area (Å²) in [6.45, 7) is 5.64. The zero-order valence-electron chi connectivity index (χ0n) is 12.3. The second-order valence-electron chi connectivity index (χ2n) is 5.77. The van der Waals surface area contributed by atoms with Gasteiger partial charge < -0.3 is 10.2 Å². The van der Waals surface area contributed by atoms with Gasteiger partial charge in [0, 0.05) is 18.0 Å². The van der Waals surface area contributed by atoms with Crippen molar-refractivity contribution < 1.29 is 0 Å². The highest BCUT2D eigenvalue weighted by Gasteiger charge is 2.15. The van der Waals surface area contributed by atoms with Gasteiger partial charge in [0.05, 0.1) is 5.52 Å². The minimum Gasteiger partial charge on any atom is -0.366 e. The average Bonchev–Trinajstić information content (AvgIpc) is 2.48. The molecule has 2 aromatic rings. The van der Waals surface area contributed by atoms with E-state index in [0.717, 1.165) is 23.3 Å². The van der Waals surface area contributed by atoms with Gasteiger partial charge in [-0.15, -0.1) is 0 Å². The highest BCUT2D eigenvalue weighted by molar-refractivity contribution is 6.28. The van der Waals surface area contributed by atoms with Gasteiger partial charge in [0.25, 0.3) is 0 Å². The number of piperidine rings is 1. The molecule has 0 amide bonds. The number of aromatic nitrogens is 2. The highest BCUT2D eigenvalue weighted by Crippen LogP contribution is 2.22. The summed E-state index contributed by atoms with van der Waals surface area (Å²) in [5.74, 6) is 0.829. The third-order valence-corrected chi connectivity index (χ3v) is 4.11. The number of likely N-dealkylation sites (tertiary alicyclic amines) is 1. The van der Waals surface area contributed by atoms with E-state index >= 15 is 0 Å². The molecule has 1 atom stereocenters. The van der Waals surface area contributed by atoms with E-state index in [-0.39, 0.29) is 0 Å². The molecule has 5 heteroatoms. The van der Waals surface area contributed by atoms with Crippen LogP contribution in [0.4, 0.5) is 5.82 Å². The lowest BCUT2D eigenvalue weighted by Crippen LogP contribution is -2.38. The van der Waals surface area contributed by atoms with Crippen molar-refractivity contribution in [1.82, 2.24) is 14.9 Å². The summed E-state index contributed by atoms with van der Waals surface area (Å²) < 4.78 is 0. The van der Waals surface area contributed by atoms with Crippen LogP contribution in [0.3, 0.4) is 0 Å². The molecule has 1 saturated heterocycles. The first kappa shape index (κ1) is 14.5. The maximum absolute atomic E-state index is 6.03. The first-order valence-electron chi connectivity index (χ1n) is 7.63. The van der Waals surface area contributed by atoms with Crippen LogP contribution in [0.25, 0.3) is 10.9 Å². The van der Waals surface area contributed by atoms with Crippen molar-refractivity contribution in [3.63, 3.8) is 0 Å². The normalized spacial score (nSPS) is 17.8. The Morgan fingerprint density at radius 1 is 1.19 bits per heavy atom. The Morgan fingerprint density at radius 2 is 1.95 bits per heavy atom. The Kier molecular flexibility index (Phi) is 4.56. The predicted octanol–water partition coefficient (Wildman–Crippen LogP) is 3.57. The zero-order chi connectivity index (χ0) is 14.7. The number of nitrogens with one attached hydrogen (secondary N) is 1. The standard InChI is InChI=1S/C16H21ClN4/c1-12(11-21-9-5-2-6-10-21)18-15-13-7-3-4-8-14(13)19-16(17)20-15/h3-4,7-8,12H,2,5-6,9-11H2,1H3,(H,18,19,20). The largest absolute Gasteiger partial charge is 0.366 e. The van der Waals surface area contributed by atoms with Crippen molar-refractivity contribution in [3.05, 3.63) is 29.5 Å². The van der Waals surface area contributed by atoms with Crippen LogP contribution >= 0.6 is 11.6 Å². The minimum atomic E-state index is 0.293. The Hall–Kier alpha value is -1.39. The van der Waals surface area contributed by atoms with Gasteiger partial charge in [-0.1, -0.05) is 18.6 Å². The number of fused-ring (bicyclic) bond motifs is 1. The molecule has 1 aliphatic heterocycles. The molecule has 1 aliphatic rings. The van der Waals surface area contributed by atoms with Gasteiger partial charge in [0.1, 0.15) is 5.82 Å². The van der Waals surface area contributed by atoms with Crippen molar-refractivity contribution in [2.24, 2.45) is 0 Å². The van der Waals surface area contributed by atoms with Crippen LogP contribution in [0.2, 0.25) is 5.28 Å². The van der Waals surface area contributed by atoms with Crippen LogP contribution in [0.1, 0.15) is 26.2 Å². The smallest absolute Gasteiger partial charge is 0.224 e. The number of nitrogens with zero attached hydrogens (tertiary/aromatic N) is 3. The topological polar surface area (TPSA) is 41.0 Å². The monoisotopic (exact) mass is 304 g/mol. The van der Waals surface area contributed by atoms with Crippen molar-refractivity contribution in [2.45, 2.75) is 32.2 Å². The number of para-hydroxylation sites is 1. The summed E-state index contributed by atoms with van der Waals surface area (Å²) in [6.07, 6.45) is 3.99. The van der Waals surface area contributed by atoms with E-state index in [1.165, 1.54) is 32.4 Å². The van der Waals surface area contributed by atoms with Gasteiger partial charge in [0.15, 0.2) is 0 Å².